The van der Waals surface area contributed by atoms with Crippen LogP contribution in [0.2, 0.25) is 0 Å². The molecule has 4 N–H and O–H groups in total. The Bertz CT molecular complexity index is 567. The van der Waals surface area contributed by atoms with Gasteiger partial charge >= 0.3 is 5.69 Å². The first-order valence-electron chi connectivity index (χ1n) is 8.59. The van der Waals surface area contributed by atoms with Crippen LogP contribution >= 0.6 is 0 Å². The smallest absolute Gasteiger partial charge is 0.320 e. The van der Waals surface area contributed by atoms with E-state index in [2.05, 4.69) is 5.10 Å². The topological polar surface area (TPSA) is 167 Å². The van der Waals surface area contributed by atoms with Gasteiger partial charge in [0.05, 0.1) is 51.1 Å². The zero-order valence-corrected chi connectivity index (χ0v) is 15.2. The van der Waals surface area contributed by atoms with Gasteiger partial charge in [-0.3, -0.25) is 19.6 Å². The van der Waals surface area contributed by atoms with E-state index in [1.165, 1.54) is 0 Å². The van der Waals surface area contributed by atoms with Gasteiger partial charge in [-0.05, 0) is 6.42 Å². The molecule has 0 aliphatic heterocycles. The fraction of sp³-hybridized carbons (Fsp3) is 0.733. The van der Waals surface area contributed by atoms with Gasteiger partial charge in [0.2, 0.25) is 5.69 Å². The van der Waals surface area contributed by atoms with Gasteiger partial charge < -0.3 is 30.4 Å². The molecule has 0 radical (unpaired) electrons. The second-order valence-electron chi connectivity index (χ2n) is 5.31. The van der Waals surface area contributed by atoms with Gasteiger partial charge in [0.15, 0.2) is 0 Å². The van der Waals surface area contributed by atoms with E-state index in [0.29, 0.717) is 52.8 Å². The maximum atomic E-state index is 11.3. The number of aromatic nitrogens is 2. The van der Waals surface area contributed by atoms with Crippen molar-refractivity contribution >= 4 is 11.6 Å². The highest BCUT2D eigenvalue weighted by Crippen LogP contribution is 2.16. The van der Waals surface area contributed by atoms with Gasteiger partial charge in [-0.2, -0.15) is 5.10 Å². The molecule has 0 saturated heterocycles. The monoisotopic (exact) mass is 389 g/mol. The molecule has 1 heterocycles. The summed E-state index contributed by atoms with van der Waals surface area (Å²) in [4.78, 5) is 21.4. The van der Waals surface area contributed by atoms with E-state index in [0.717, 1.165) is 17.3 Å². The van der Waals surface area contributed by atoms with Crippen molar-refractivity contribution in [1.82, 2.24) is 9.78 Å². The summed E-state index contributed by atoms with van der Waals surface area (Å²) in [5, 5.41) is 14.6. The van der Waals surface area contributed by atoms with Gasteiger partial charge in [-0.1, -0.05) is 0 Å². The molecule has 1 aromatic heterocycles. The van der Waals surface area contributed by atoms with Crippen molar-refractivity contribution in [3.05, 3.63) is 22.0 Å². The van der Waals surface area contributed by atoms with Gasteiger partial charge in [-0.15, -0.1) is 0 Å². The molecule has 0 spiro atoms. The first-order chi connectivity index (χ1) is 13.1. The van der Waals surface area contributed by atoms with Crippen LogP contribution in [0.25, 0.3) is 0 Å². The summed E-state index contributed by atoms with van der Waals surface area (Å²) >= 11 is 0. The molecule has 1 amide bonds. The minimum absolute atomic E-state index is 0.168. The van der Waals surface area contributed by atoms with Crippen LogP contribution in [0, 0.1) is 10.1 Å². The highest BCUT2D eigenvalue weighted by atomic mass is 16.6. The Morgan fingerprint density at radius 2 is 1.59 bits per heavy atom. The first kappa shape index (κ1) is 22.9. The third-order valence-electron chi connectivity index (χ3n) is 3.28. The molecule has 0 saturated carbocycles. The Labute approximate surface area is 156 Å². The number of rotatable bonds is 17. The normalized spacial score (nSPS) is 11.0. The average Bonchev–Trinajstić information content (AvgIpc) is 3.06. The lowest BCUT2D eigenvalue weighted by atomic mass is 10.3. The van der Waals surface area contributed by atoms with Crippen molar-refractivity contribution in [3.8, 4) is 0 Å². The highest BCUT2D eigenvalue weighted by molar-refractivity contribution is 5.95. The van der Waals surface area contributed by atoms with E-state index in [-0.39, 0.29) is 18.8 Å². The highest BCUT2D eigenvalue weighted by Gasteiger charge is 2.24. The largest absolute Gasteiger partial charge is 0.380 e. The Kier molecular flexibility index (Phi) is 11.9. The fourth-order valence-corrected chi connectivity index (χ4v) is 2.07. The number of primary amides is 1. The number of hydrogen-bond donors (Lipinski definition) is 2. The lowest BCUT2D eigenvalue weighted by Crippen LogP contribution is -2.21. The first-order valence-corrected chi connectivity index (χ1v) is 8.59. The molecule has 154 valence electrons. The zero-order valence-electron chi connectivity index (χ0n) is 15.2. The molecule has 0 bridgehead atoms. The van der Waals surface area contributed by atoms with Crippen molar-refractivity contribution in [2.24, 2.45) is 11.5 Å². The van der Waals surface area contributed by atoms with E-state index < -0.39 is 16.5 Å². The molecule has 12 heteroatoms. The number of nitrogens with two attached hydrogens (primary N) is 2. The van der Waals surface area contributed by atoms with E-state index in [4.69, 9.17) is 30.4 Å². The molecule has 0 aliphatic carbocycles. The van der Waals surface area contributed by atoms with Crippen LogP contribution in [0.15, 0.2) is 6.20 Å². The summed E-state index contributed by atoms with van der Waals surface area (Å²) in [7, 11) is 0. The minimum Gasteiger partial charge on any atom is -0.380 e. The van der Waals surface area contributed by atoms with E-state index in [1.807, 2.05) is 0 Å². The van der Waals surface area contributed by atoms with Gasteiger partial charge in [0.25, 0.3) is 5.91 Å². The predicted octanol–water partition coefficient (Wildman–Crippen LogP) is -0.695. The summed E-state index contributed by atoms with van der Waals surface area (Å²) in [5.41, 5.74) is 9.79. The molecule has 1 rings (SSSR count). The number of amides is 1. The number of carbonyl (C=O) groups excluding carboxylic acids is 1. The summed E-state index contributed by atoms with van der Waals surface area (Å²) < 4.78 is 22.4. The Hall–Kier alpha value is -2.12. The minimum atomic E-state index is -0.909. The van der Waals surface area contributed by atoms with Crippen molar-refractivity contribution in [2.75, 3.05) is 59.4 Å². The number of hydrogen-bond acceptors (Lipinski definition) is 9. The Morgan fingerprint density at radius 3 is 2.15 bits per heavy atom. The molecule has 27 heavy (non-hydrogen) atoms. The van der Waals surface area contributed by atoms with Crippen molar-refractivity contribution in [2.45, 2.75) is 13.0 Å². The molecule has 0 aliphatic rings. The maximum Gasteiger partial charge on any atom is 0.320 e. The zero-order chi connectivity index (χ0) is 19.9. The van der Waals surface area contributed by atoms with E-state index >= 15 is 0 Å². The fourth-order valence-electron chi connectivity index (χ4n) is 2.07. The molecule has 0 unspecified atom stereocenters. The Balaban J connectivity index is 2.02. The molecule has 12 nitrogen and oxygen atoms in total. The predicted molar refractivity (Wildman–Crippen MR) is 94.3 cm³/mol. The van der Waals surface area contributed by atoms with Crippen LogP contribution in [0.3, 0.4) is 0 Å². The Morgan fingerprint density at radius 1 is 1.04 bits per heavy atom. The maximum absolute atomic E-state index is 11.3. The quantitative estimate of drug-likeness (QED) is 0.199. The summed E-state index contributed by atoms with van der Waals surface area (Å²) in [6.07, 6.45) is 1.80. The third-order valence-corrected chi connectivity index (χ3v) is 3.28. The molecule has 0 fully saturated rings. The van der Waals surface area contributed by atoms with Crippen LogP contribution < -0.4 is 11.5 Å². The van der Waals surface area contributed by atoms with Crippen LogP contribution in [-0.2, 0) is 25.5 Å². The molecule has 1 aromatic rings. The second kappa shape index (κ2) is 14.0. The van der Waals surface area contributed by atoms with Crippen LogP contribution in [-0.4, -0.2) is 80.0 Å². The molecule has 0 aromatic carbocycles. The van der Waals surface area contributed by atoms with Gasteiger partial charge in [0, 0.05) is 19.8 Å². The van der Waals surface area contributed by atoms with Crippen molar-refractivity contribution in [1.29, 1.82) is 0 Å². The molecular formula is C15H27N5O7. The second-order valence-corrected chi connectivity index (χ2v) is 5.31. The van der Waals surface area contributed by atoms with E-state index in [1.54, 1.807) is 0 Å². The lowest BCUT2D eigenvalue weighted by molar-refractivity contribution is -0.385. The number of ether oxygens (including phenoxy) is 4. The van der Waals surface area contributed by atoms with Crippen LogP contribution in [0.4, 0.5) is 5.69 Å². The number of nitro groups is 1. The SMILES string of the molecule is NCCOCCCOCCOCCOCCn1ncc([N+](=O)[O-])c1C(N)=O. The van der Waals surface area contributed by atoms with E-state index in [9.17, 15) is 14.9 Å². The van der Waals surface area contributed by atoms with Crippen molar-refractivity contribution < 1.29 is 28.7 Å². The standard InChI is InChI=1S/C15H27N5O7/c16-2-6-24-4-1-5-25-8-10-27-11-9-26-7-3-19-14(15(17)21)13(12-18-19)20(22)23/h12H,1-11,16H2,(H2,17,21). The van der Waals surface area contributed by atoms with Crippen molar-refractivity contribution in [3.63, 3.8) is 0 Å². The third kappa shape index (κ3) is 9.40. The number of carbonyl (C=O) groups is 1. The summed E-state index contributed by atoms with van der Waals surface area (Å²) in [6.45, 7) is 4.33. The summed E-state index contributed by atoms with van der Waals surface area (Å²) in [6, 6.07) is 0. The summed E-state index contributed by atoms with van der Waals surface area (Å²) in [5.74, 6) is -0.909. The molecular weight excluding hydrogens is 362 g/mol. The van der Waals surface area contributed by atoms with Crippen LogP contribution in [0.5, 0.6) is 0 Å². The van der Waals surface area contributed by atoms with Gasteiger partial charge in [-0.25, -0.2) is 0 Å². The van der Waals surface area contributed by atoms with Gasteiger partial charge in [0.1, 0.15) is 6.20 Å². The van der Waals surface area contributed by atoms with Crippen LogP contribution in [0.1, 0.15) is 16.9 Å². The molecule has 0 atom stereocenters. The number of nitrogens with zero attached hydrogens (tertiary/aromatic N) is 3. The average molecular weight is 389 g/mol. The lowest BCUT2D eigenvalue weighted by Gasteiger charge is -2.08.